The van der Waals surface area contributed by atoms with Crippen molar-refractivity contribution < 1.29 is 9.47 Å². The van der Waals surface area contributed by atoms with E-state index in [1.165, 1.54) is 12.0 Å². The lowest BCUT2D eigenvalue weighted by atomic mass is 9.86. The maximum Gasteiger partial charge on any atom is 0.146 e. The summed E-state index contributed by atoms with van der Waals surface area (Å²) in [6.45, 7) is 9.42. The average Bonchev–Trinajstić information content (AvgIpc) is 2.51. The molecule has 1 aliphatic rings. The fourth-order valence-corrected chi connectivity index (χ4v) is 3.04. The van der Waals surface area contributed by atoms with Gasteiger partial charge in [-0.15, -0.1) is 0 Å². The fraction of sp³-hybridized carbons (Fsp3) is 0.450. The van der Waals surface area contributed by atoms with E-state index < -0.39 is 0 Å². The van der Waals surface area contributed by atoms with Crippen LogP contribution >= 0.6 is 0 Å². The maximum absolute atomic E-state index is 6.14. The van der Waals surface area contributed by atoms with Crippen molar-refractivity contribution in [3.63, 3.8) is 0 Å². The van der Waals surface area contributed by atoms with Gasteiger partial charge >= 0.3 is 0 Å². The highest BCUT2D eigenvalue weighted by Crippen LogP contribution is 2.45. The van der Waals surface area contributed by atoms with Crippen molar-refractivity contribution in [2.75, 3.05) is 6.61 Å². The predicted octanol–water partition coefficient (Wildman–Crippen LogP) is 5.19. The number of ether oxygens (including phenoxy) is 2. The van der Waals surface area contributed by atoms with Crippen LogP contribution in [0.4, 0.5) is 0 Å². The Morgan fingerprint density at radius 1 is 1.17 bits per heavy atom. The van der Waals surface area contributed by atoms with Gasteiger partial charge < -0.3 is 9.47 Å². The normalized spacial score (nSPS) is 14.8. The number of hydrogen-bond donors (Lipinski definition) is 0. The Balaban J connectivity index is 1.84. The smallest absolute Gasteiger partial charge is 0.146 e. The van der Waals surface area contributed by atoms with Crippen molar-refractivity contribution in [3.8, 4) is 22.6 Å². The van der Waals surface area contributed by atoms with Crippen LogP contribution in [0.5, 0.6) is 11.5 Å². The van der Waals surface area contributed by atoms with Gasteiger partial charge in [0.2, 0.25) is 0 Å². The molecule has 0 radical (unpaired) electrons. The molecule has 3 nitrogen and oxygen atoms in total. The van der Waals surface area contributed by atoms with Crippen LogP contribution in [0, 0.1) is 5.92 Å². The van der Waals surface area contributed by atoms with Crippen molar-refractivity contribution in [1.82, 2.24) is 4.98 Å². The molecule has 0 amide bonds. The summed E-state index contributed by atoms with van der Waals surface area (Å²) in [6, 6.07) is 8.32. The molecule has 0 saturated heterocycles. The Kier molecular flexibility index (Phi) is 4.29. The Hall–Kier alpha value is -2.03. The predicted molar refractivity (Wildman–Crippen MR) is 92.9 cm³/mol. The summed E-state index contributed by atoms with van der Waals surface area (Å²) in [4.78, 5) is 4.17. The van der Waals surface area contributed by atoms with Crippen molar-refractivity contribution in [2.24, 2.45) is 5.92 Å². The first-order valence-electron chi connectivity index (χ1n) is 8.38. The van der Waals surface area contributed by atoms with Gasteiger partial charge in [0.15, 0.2) is 0 Å². The molecule has 0 N–H and O–H groups in total. The molecule has 1 aromatic heterocycles. The van der Waals surface area contributed by atoms with Crippen molar-refractivity contribution in [3.05, 3.63) is 42.2 Å². The number of fused-ring (bicyclic) bond motifs is 3. The van der Waals surface area contributed by atoms with Gasteiger partial charge in [-0.05, 0) is 56.4 Å². The molecular formula is C20H25NO2. The first-order chi connectivity index (χ1) is 11.0. The van der Waals surface area contributed by atoms with Crippen molar-refractivity contribution in [1.29, 1.82) is 0 Å². The van der Waals surface area contributed by atoms with E-state index in [4.69, 9.17) is 9.47 Å². The Morgan fingerprint density at radius 3 is 2.78 bits per heavy atom. The topological polar surface area (TPSA) is 31.4 Å². The minimum atomic E-state index is -0.386. The molecule has 3 rings (SSSR count). The zero-order valence-corrected chi connectivity index (χ0v) is 14.4. The van der Waals surface area contributed by atoms with Gasteiger partial charge in [-0.25, -0.2) is 0 Å². The van der Waals surface area contributed by atoms with Gasteiger partial charge in [0, 0.05) is 17.3 Å². The van der Waals surface area contributed by atoms with E-state index in [2.05, 4.69) is 50.9 Å². The number of hydrogen-bond acceptors (Lipinski definition) is 3. The van der Waals surface area contributed by atoms with Gasteiger partial charge in [-0.2, -0.15) is 0 Å². The van der Waals surface area contributed by atoms with E-state index in [1.54, 1.807) is 12.4 Å². The third-order valence-corrected chi connectivity index (χ3v) is 4.27. The summed E-state index contributed by atoms with van der Waals surface area (Å²) >= 11 is 0. The second-order valence-electron chi connectivity index (χ2n) is 7.08. The van der Waals surface area contributed by atoms with E-state index in [0.717, 1.165) is 41.6 Å². The van der Waals surface area contributed by atoms with Crippen LogP contribution in [0.25, 0.3) is 11.1 Å². The molecule has 0 bridgehead atoms. The Bertz CT molecular complexity index is 692. The number of pyridine rings is 1. The quantitative estimate of drug-likeness (QED) is 0.712. The molecule has 0 unspecified atom stereocenters. The van der Waals surface area contributed by atoms with Crippen LogP contribution in [-0.2, 0) is 5.60 Å². The van der Waals surface area contributed by atoms with Crippen LogP contribution in [-0.4, -0.2) is 11.6 Å². The molecular weight excluding hydrogens is 286 g/mol. The molecule has 2 heterocycles. The van der Waals surface area contributed by atoms with Crippen molar-refractivity contribution in [2.45, 2.75) is 46.1 Å². The summed E-state index contributed by atoms with van der Waals surface area (Å²) < 4.78 is 12.1. The summed E-state index contributed by atoms with van der Waals surface area (Å²) in [7, 11) is 0. The summed E-state index contributed by atoms with van der Waals surface area (Å²) in [5.74, 6) is 2.48. The van der Waals surface area contributed by atoms with Gasteiger partial charge in [-0.3, -0.25) is 4.98 Å². The molecule has 0 aliphatic carbocycles. The molecule has 1 aliphatic heterocycles. The van der Waals surface area contributed by atoms with E-state index in [1.807, 2.05) is 6.07 Å². The van der Waals surface area contributed by atoms with Gasteiger partial charge in [0.1, 0.15) is 17.1 Å². The molecule has 0 saturated carbocycles. The zero-order valence-electron chi connectivity index (χ0n) is 14.4. The highest BCUT2D eigenvalue weighted by Gasteiger charge is 2.32. The number of rotatable bonds is 5. The lowest BCUT2D eigenvalue weighted by molar-refractivity contribution is 0.105. The fourth-order valence-electron chi connectivity index (χ4n) is 3.04. The number of benzene rings is 1. The SMILES string of the molecule is CC(C)CCCOc1ccc2c(c1)C(C)(C)Oc1cnccc1-2. The van der Waals surface area contributed by atoms with E-state index in [9.17, 15) is 0 Å². The molecule has 0 atom stereocenters. The van der Waals surface area contributed by atoms with Gasteiger partial charge in [-0.1, -0.05) is 19.9 Å². The highest BCUT2D eigenvalue weighted by atomic mass is 16.5. The lowest BCUT2D eigenvalue weighted by Crippen LogP contribution is -2.29. The molecule has 23 heavy (non-hydrogen) atoms. The van der Waals surface area contributed by atoms with Gasteiger partial charge in [0.25, 0.3) is 0 Å². The van der Waals surface area contributed by atoms with E-state index in [-0.39, 0.29) is 5.60 Å². The minimum Gasteiger partial charge on any atom is -0.494 e. The molecule has 0 fully saturated rings. The van der Waals surface area contributed by atoms with E-state index >= 15 is 0 Å². The third kappa shape index (κ3) is 3.34. The Morgan fingerprint density at radius 2 is 2.00 bits per heavy atom. The zero-order chi connectivity index (χ0) is 16.4. The van der Waals surface area contributed by atoms with Crippen LogP contribution in [0.15, 0.2) is 36.7 Å². The monoisotopic (exact) mass is 311 g/mol. The first-order valence-corrected chi connectivity index (χ1v) is 8.38. The largest absolute Gasteiger partial charge is 0.494 e. The molecule has 2 aromatic rings. The first kappa shape index (κ1) is 15.9. The van der Waals surface area contributed by atoms with Crippen LogP contribution in [0.1, 0.15) is 46.1 Å². The van der Waals surface area contributed by atoms with Gasteiger partial charge in [0.05, 0.1) is 12.8 Å². The van der Waals surface area contributed by atoms with Crippen LogP contribution < -0.4 is 9.47 Å². The molecule has 1 aromatic carbocycles. The second-order valence-corrected chi connectivity index (χ2v) is 7.08. The minimum absolute atomic E-state index is 0.386. The van der Waals surface area contributed by atoms with Crippen LogP contribution in [0.2, 0.25) is 0 Å². The summed E-state index contributed by atoms with van der Waals surface area (Å²) in [5, 5.41) is 0. The molecule has 3 heteroatoms. The Labute approximate surface area is 138 Å². The lowest BCUT2D eigenvalue weighted by Gasteiger charge is -2.34. The summed E-state index contributed by atoms with van der Waals surface area (Å²) in [5.41, 5.74) is 3.08. The van der Waals surface area contributed by atoms with Crippen molar-refractivity contribution >= 4 is 0 Å². The van der Waals surface area contributed by atoms with Crippen LogP contribution in [0.3, 0.4) is 0 Å². The molecule has 0 spiro atoms. The second kappa shape index (κ2) is 6.23. The number of aromatic nitrogens is 1. The molecule has 122 valence electrons. The third-order valence-electron chi connectivity index (χ3n) is 4.27. The summed E-state index contributed by atoms with van der Waals surface area (Å²) in [6.07, 6.45) is 5.88. The number of nitrogens with zero attached hydrogens (tertiary/aromatic N) is 1. The average molecular weight is 311 g/mol. The van der Waals surface area contributed by atoms with E-state index in [0.29, 0.717) is 0 Å². The highest BCUT2D eigenvalue weighted by molar-refractivity contribution is 5.76. The standard InChI is InChI=1S/C20H25NO2/c1-14(2)6-5-11-22-15-7-8-16-17-9-10-21-13-19(17)23-20(3,4)18(16)12-15/h7-10,12-14H,5-6,11H2,1-4H3. The maximum atomic E-state index is 6.14.